The Labute approximate surface area is 349 Å². The second kappa shape index (κ2) is 13.2. The van der Waals surface area contributed by atoms with Crippen molar-refractivity contribution in [2.24, 2.45) is 0 Å². The molecule has 0 bridgehead atoms. The molecule has 0 aliphatic carbocycles. The molecule has 1 aliphatic heterocycles. The average molecular weight is 768 g/mol. The van der Waals surface area contributed by atoms with E-state index in [-0.39, 0.29) is 5.41 Å². The first-order valence-corrected chi connectivity index (χ1v) is 20.9. The third-order valence-electron chi connectivity index (χ3n) is 12.9. The summed E-state index contributed by atoms with van der Waals surface area (Å²) in [7, 11) is 0. The van der Waals surface area contributed by atoms with Crippen LogP contribution in [0.3, 0.4) is 0 Å². The van der Waals surface area contributed by atoms with Crippen LogP contribution in [0.1, 0.15) is 25.0 Å². The number of aromatic nitrogens is 2. The van der Waals surface area contributed by atoms with E-state index < -0.39 is 0 Å². The summed E-state index contributed by atoms with van der Waals surface area (Å²) in [6.45, 7) is 4.71. The van der Waals surface area contributed by atoms with Crippen LogP contribution >= 0.6 is 0 Å². The predicted molar refractivity (Wildman–Crippen MR) is 253 cm³/mol. The van der Waals surface area contributed by atoms with Crippen molar-refractivity contribution >= 4 is 60.7 Å². The second-order valence-corrected chi connectivity index (χ2v) is 16.6. The van der Waals surface area contributed by atoms with E-state index in [0.717, 1.165) is 5.69 Å². The topological polar surface area (TPSA) is 13.1 Å². The molecule has 11 aromatic rings. The average Bonchev–Trinajstić information content (AvgIpc) is 3.82. The summed E-state index contributed by atoms with van der Waals surface area (Å²) >= 11 is 0. The van der Waals surface area contributed by atoms with Crippen molar-refractivity contribution in [3.8, 4) is 33.6 Å². The first-order chi connectivity index (χ1) is 29.5. The molecule has 0 spiro atoms. The van der Waals surface area contributed by atoms with Crippen molar-refractivity contribution in [1.82, 2.24) is 9.13 Å². The van der Waals surface area contributed by atoms with E-state index in [1.807, 2.05) is 0 Å². The minimum absolute atomic E-state index is 0.165. The number of hydrogen-bond donors (Lipinski definition) is 0. The number of nitrogens with zero attached hydrogens (tertiary/aromatic N) is 3. The Hall–Kier alpha value is -7.62. The van der Waals surface area contributed by atoms with E-state index in [1.165, 1.54) is 99.7 Å². The maximum Gasteiger partial charge on any atom is 0.0541 e. The van der Waals surface area contributed by atoms with Crippen molar-refractivity contribution in [1.29, 1.82) is 0 Å². The normalized spacial score (nSPS) is 13.3. The van der Waals surface area contributed by atoms with Gasteiger partial charge >= 0.3 is 0 Å². The predicted octanol–water partition coefficient (Wildman–Crippen LogP) is 15.3. The number of fused-ring (bicyclic) bond motifs is 8. The van der Waals surface area contributed by atoms with Gasteiger partial charge in [-0.1, -0.05) is 135 Å². The van der Waals surface area contributed by atoms with Crippen LogP contribution in [-0.2, 0) is 5.41 Å². The highest BCUT2D eigenvalue weighted by atomic mass is 15.2. The molecule has 3 nitrogen and oxygen atoms in total. The Kier molecular flexibility index (Phi) is 7.58. The van der Waals surface area contributed by atoms with E-state index in [1.54, 1.807) is 0 Å². The number of rotatable bonds is 5. The quantitative estimate of drug-likeness (QED) is 0.170. The van der Waals surface area contributed by atoms with Crippen molar-refractivity contribution in [3.05, 3.63) is 223 Å². The van der Waals surface area contributed by atoms with Gasteiger partial charge in [-0.15, -0.1) is 0 Å². The highest BCUT2D eigenvalue weighted by Gasteiger charge is 2.37. The molecule has 0 radical (unpaired) electrons. The highest BCUT2D eigenvalue weighted by molar-refractivity contribution is 6.12. The maximum atomic E-state index is 2.42. The van der Waals surface area contributed by atoms with E-state index in [0.29, 0.717) is 0 Å². The number of para-hydroxylation sites is 5. The van der Waals surface area contributed by atoms with Gasteiger partial charge in [0, 0.05) is 44.0 Å². The van der Waals surface area contributed by atoms with Crippen LogP contribution < -0.4 is 4.90 Å². The number of hydrogen-bond acceptors (Lipinski definition) is 1. The van der Waals surface area contributed by atoms with Crippen LogP contribution in [0.5, 0.6) is 0 Å². The standard InChI is InChI=1S/C57H41N3/c1-57(2)49-21-11-14-24-55(49)60(43-17-7-4-8-18-43)56-34-29-41(37-50(56)57)38-25-30-44(31-26-38)59-52-23-13-10-20-46(52)48-36-40(28-33-54(48)59)39-27-32-53-47(35-39)45-19-9-12-22-51(45)58(53)42-15-5-3-6-16-42/h3-37H,1-2H3. The summed E-state index contributed by atoms with van der Waals surface area (Å²) in [5.74, 6) is 0. The Morgan fingerprint density at radius 2 is 0.733 bits per heavy atom. The van der Waals surface area contributed by atoms with Gasteiger partial charge in [-0.05, 0) is 124 Å². The van der Waals surface area contributed by atoms with Crippen LogP contribution in [0.25, 0.3) is 77.2 Å². The van der Waals surface area contributed by atoms with Gasteiger partial charge < -0.3 is 14.0 Å². The van der Waals surface area contributed by atoms with Gasteiger partial charge in [-0.25, -0.2) is 0 Å². The first kappa shape index (κ1) is 34.4. The Morgan fingerprint density at radius 3 is 1.35 bits per heavy atom. The molecule has 2 aromatic heterocycles. The zero-order chi connectivity index (χ0) is 40.0. The summed E-state index contributed by atoms with van der Waals surface area (Å²) in [5.41, 5.74) is 18.1. The number of anilines is 3. The van der Waals surface area contributed by atoms with E-state index in [4.69, 9.17) is 0 Å². The molecule has 0 fully saturated rings. The fourth-order valence-corrected chi connectivity index (χ4v) is 9.98. The van der Waals surface area contributed by atoms with Gasteiger partial charge in [0.05, 0.1) is 33.4 Å². The second-order valence-electron chi connectivity index (χ2n) is 16.6. The summed E-state index contributed by atoms with van der Waals surface area (Å²) < 4.78 is 4.79. The van der Waals surface area contributed by atoms with Gasteiger partial charge in [0.2, 0.25) is 0 Å². The lowest BCUT2D eigenvalue weighted by Crippen LogP contribution is -2.30. The highest BCUT2D eigenvalue weighted by Crippen LogP contribution is 2.52. The molecule has 0 saturated heterocycles. The molecule has 1 aliphatic rings. The Bertz CT molecular complexity index is 3440. The summed E-state index contributed by atoms with van der Waals surface area (Å²) in [4.78, 5) is 2.42. The van der Waals surface area contributed by atoms with Crippen LogP contribution in [0.15, 0.2) is 212 Å². The van der Waals surface area contributed by atoms with Crippen LogP contribution in [0, 0.1) is 0 Å². The zero-order valence-corrected chi connectivity index (χ0v) is 33.5. The molecular weight excluding hydrogens is 727 g/mol. The zero-order valence-electron chi connectivity index (χ0n) is 33.5. The minimum Gasteiger partial charge on any atom is -0.310 e. The van der Waals surface area contributed by atoms with E-state index in [9.17, 15) is 0 Å². The minimum atomic E-state index is -0.165. The molecule has 0 N–H and O–H groups in total. The third-order valence-corrected chi connectivity index (χ3v) is 12.9. The van der Waals surface area contributed by atoms with Gasteiger partial charge in [0.1, 0.15) is 0 Å². The molecular formula is C57H41N3. The summed E-state index contributed by atoms with van der Waals surface area (Å²) in [6.07, 6.45) is 0. The SMILES string of the molecule is CC1(C)c2ccccc2N(c2ccccc2)c2ccc(-c3ccc(-n4c5ccccc5c5cc(-c6ccc7c(c6)c6ccccc6n7-c6ccccc6)ccc54)cc3)cc21. The molecule has 0 unspecified atom stereocenters. The molecule has 284 valence electrons. The molecule has 0 saturated carbocycles. The monoisotopic (exact) mass is 767 g/mol. The van der Waals surface area contributed by atoms with Crippen LogP contribution in [0.2, 0.25) is 0 Å². The molecule has 12 rings (SSSR count). The lowest BCUT2D eigenvalue weighted by atomic mass is 9.73. The van der Waals surface area contributed by atoms with Gasteiger partial charge in [-0.2, -0.15) is 0 Å². The summed E-state index contributed by atoms with van der Waals surface area (Å²) in [5, 5.41) is 5.02. The Balaban J connectivity index is 0.935. The lowest BCUT2D eigenvalue weighted by Gasteiger charge is -2.42. The molecule has 9 aromatic carbocycles. The fraction of sp³-hybridized carbons (Fsp3) is 0.0526. The smallest absolute Gasteiger partial charge is 0.0541 e. The molecule has 60 heavy (non-hydrogen) atoms. The van der Waals surface area contributed by atoms with Crippen LogP contribution in [-0.4, -0.2) is 9.13 Å². The van der Waals surface area contributed by atoms with Gasteiger partial charge in [0.25, 0.3) is 0 Å². The molecule has 0 amide bonds. The van der Waals surface area contributed by atoms with Crippen molar-refractivity contribution in [2.45, 2.75) is 19.3 Å². The number of benzene rings is 9. The molecule has 0 atom stereocenters. The largest absolute Gasteiger partial charge is 0.310 e. The van der Waals surface area contributed by atoms with Gasteiger partial charge in [0.15, 0.2) is 0 Å². The summed E-state index contributed by atoms with van der Waals surface area (Å²) in [6, 6.07) is 77.8. The Morgan fingerprint density at radius 1 is 0.300 bits per heavy atom. The maximum absolute atomic E-state index is 2.42. The van der Waals surface area contributed by atoms with E-state index >= 15 is 0 Å². The molecule has 3 heterocycles. The van der Waals surface area contributed by atoms with Crippen molar-refractivity contribution in [2.75, 3.05) is 4.90 Å². The van der Waals surface area contributed by atoms with E-state index in [2.05, 4.69) is 240 Å². The molecule has 3 heteroatoms. The first-order valence-electron chi connectivity index (χ1n) is 20.9. The van der Waals surface area contributed by atoms with Crippen molar-refractivity contribution < 1.29 is 0 Å². The fourth-order valence-electron chi connectivity index (χ4n) is 9.98. The van der Waals surface area contributed by atoms with Crippen LogP contribution in [0.4, 0.5) is 17.1 Å². The van der Waals surface area contributed by atoms with Crippen molar-refractivity contribution in [3.63, 3.8) is 0 Å². The van der Waals surface area contributed by atoms with Gasteiger partial charge in [-0.3, -0.25) is 0 Å². The third kappa shape index (κ3) is 5.15. The lowest BCUT2D eigenvalue weighted by molar-refractivity contribution is 0.632.